The highest BCUT2D eigenvalue weighted by Crippen LogP contribution is 2.21. The number of rotatable bonds is 4. The van der Waals surface area contributed by atoms with E-state index >= 15 is 0 Å². The van der Waals surface area contributed by atoms with Crippen LogP contribution in [0.4, 0.5) is 5.69 Å². The molecule has 0 atom stereocenters. The summed E-state index contributed by atoms with van der Waals surface area (Å²) in [5, 5.41) is 4.23. The van der Waals surface area contributed by atoms with Gasteiger partial charge in [0.2, 0.25) is 5.91 Å². The molecule has 0 fully saturated rings. The molecule has 1 heterocycles. The predicted octanol–water partition coefficient (Wildman–Crippen LogP) is 3.54. The number of aryl methyl sites for hydroxylation is 1. The van der Waals surface area contributed by atoms with E-state index in [1.54, 1.807) is 37.5 Å². The SMILES string of the molecule is CN(CC(=O)Nc1ccc(Cl)cc1)C(=O)c1cn(C)c2ccccc12. The van der Waals surface area contributed by atoms with E-state index in [1.807, 2.05) is 35.9 Å². The number of fused-ring (bicyclic) bond motifs is 1. The number of para-hydroxylation sites is 1. The quantitative estimate of drug-likeness (QED) is 0.778. The van der Waals surface area contributed by atoms with Gasteiger partial charge in [-0.1, -0.05) is 29.8 Å². The van der Waals surface area contributed by atoms with Crippen molar-refractivity contribution >= 4 is 40.0 Å². The fourth-order valence-electron chi connectivity index (χ4n) is 2.74. The molecule has 3 aromatic rings. The van der Waals surface area contributed by atoms with Gasteiger partial charge in [-0.3, -0.25) is 9.59 Å². The van der Waals surface area contributed by atoms with Gasteiger partial charge >= 0.3 is 0 Å². The molecule has 2 amide bonds. The maximum absolute atomic E-state index is 12.7. The molecule has 0 saturated heterocycles. The Morgan fingerprint density at radius 3 is 2.52 bits per heavy atom. The van der Waals surface area contributed by atoms with E-state index < -0.39 is 0 Å². The minimum Gasteiger partial charge on any atom is -0.350 e. The van der Waals surface area contributed by atoms with Gasteiger partial charge in [0.05, 0.1) is 12.1 Å². The van der Waals surface area contributed by atoms with Gasteiger partial charge in [0.25, 0.3) is 5.91 Å². The van der Waals surface area contributed by atoms with Crippen LogP contribution in [0.15, 0.2) is 54.7 Å². The van der Waals surface area contributed by atoms with Crippen molar-refractivity contribution in [1.29, 1.82) is 0 Å². The lowest BCUT2D eigenvalue weighted by atomic mass is 10.1. The Morgan fingerprint density at radius 1 is 1.12 bits per heavy atom. The lowest BCUT2D eigenvalue weighted by molar-refractivity contribution is -0.116. The highest BCUT2D eigenvalue weighted by atomic mass is 35.5. The van der Waals surface area contributed by atoms with Crippen molar-refractivity contribution in [3.63, 3.8) is 0 Å². The summed E-state index contributed by atoms with van der Waals surface area (Å²) in [7, 11) is 3.51. The van der Waals surface area contributed by atoms with Crippen molar-refractivity contribution in [3.05, 3.63) is 65.3 Å². The van der Waals surface area contributed by atoms with E-state index in [0.717, 1.165) is 10.9 Å². The average molecular weight is 356 g/mol. The van der Waals surface area contributed by atoms with Crippen LogP contribution in [0.25, 0.3) is 10.9 Å². The Balaban J connectivity index is 1.71. The van der Waals surface area contributed by atoms with E-state index in [9.17, 15) is 9.59 Å². The maximum atomic E-state index is 12.7. The monoisotopic (exact) mass is 355 g/mol. The van der Waals surface area contributed by atoms with Crippen LogP contribution in [0, 0.1) is 0 Å². The molecule has 3 rings (SSSR count). The van der Waals surface area contributed by atoms with Crippen LogP contribution >= 0.6 is 11.6 Å². The number of nitrogens with one attached hydrogen (secondary N) is 1. The molecule has 0 aliphatic carbocycles. The standard InChI is InChI=1S/C19H18ClN3O2/c1-22-11-16(15-5-3-4-6-17(15)22)19(25)23(2)12-18(24)21-14-9-7-13(20)8-10-14/h3-11H,12H2,1-2H3,(H,21,24). The zero-order chi connectivity index (χ0) is 18.0. The molecule has 0 saturated carbocycles. The smallest absolute Gasteiger partial charge is 0.256 e. The molecule has 5 nitrogen and oxygen atoms in total. The molecule has 2 aromatic carbocycles. The van der Waals surface area contributed by atoms with Crippen LogP contribution in [0.2, 0.25) is 5.02 Å². The highest BCUT2D eigenvalue weighted by molar-refractivity contribution is 6.30. The fourth-order valence-corrected chi connectivity index (χ4v) is 2.86. The summed E-state index contributed by atoms with van der Waals surface area (Å²) in [6.07, 6.45) is 1.79. The second-order valence-electron chi connectivity index (χ2n) is 5.89. The van der Waals surface area contributed by atoms with Gasteiger partial charge in [0, 0.05) is 41.9 Å². The summed E-state index contributed by atoms with van der Waals surface area (Å²) in [6.45, 7) is -0.0370. The number of nitrogens with zero attached hydrogens (tertiary/aromatic N) is 2. The van der Waals surface area contributed by atoms with Crippen LogP contribution in [-0.2, 0) is 11.8 Å². The first-order valence-corrected chi connectivity index (χ1v) is 8.18. The topological polar surface area (TPSA) is 54.3 Å². The molecule has 0 radical (unpaired) electrons. The second-order valence-corrected chi connectivity index (χ2v) is 6.32. The normalized spacial score (nSPS) is 10.7. The summed E-state index contributed by atoms with van der Waals surface area (Å²) >= 11 is 5.82. The molecule has 25 heavy (non-hydrogen) atoms. The molecule has 0 bridgehead atoms. The van der Waals surface area contributed by atoms with Crippen molar-refractivity contribution in [2.75, 3.05) is 18.9 Å². The van der Waals surface area contributed by atoms with Gasteiger partial charge in [-0.25, -0.2) is 0 Å². The molecule has 0 aliphatic heterocycles. The van der Waals surface area contributed by atoms with Gasteiger partial charge in [-0.05, 0) is 30.3 Å². The first-order chi connectivity index (χ1) is 12.0. The number of carbonyl (C=O) groups excluding carboxylic acids is 2. The third-order valence-corrected chi connectivity index (χ3v) is 4.23. The number of benzene rings is 2. The zero-order valence-electron chi connectivity index (χ0n) is 14.0. The lowest BCUT2D eigenvalue weighted by Crippen LogP contribution is -2.34. The van der Waals surface area contributed by atoms with Gasteiger partial charge in [-0.15, -0.1) is 0 Å². The average Bonchev–Trinajstić information content (AvgIpc) is 2.93. The number of anilines is 1. The van der Waals surface area contributed by atoms with E-state index in [2.05, 4.69) is 5.32 Å². The van der Waals surface area contributed by atoms with E-state index in [-0.39, 0.29) is 18.4 Å². The van der Waals surface area contributed by atoms with E-state index in [1.165, 1.54) is 4.90 Å². The van der Waals surface area contributed by atoms with Crippen LogP contribution in [-0.4, -0.2) is 34.9 Å². The first kappa shape index (κ1) is 17.0. The summed E-state index contributed by atoms with van der Waals surface area (Å²) in [4.78, 5) is 26.3. The van der Waals surface area contributed by atoms with Gasteiger partial charge in [0.15, 0.2) is 0 Å². The van der Waals surface area contributed by atoms with Gasteiger partial charge < -0.3 is 14.8 Å². The summed E-state index contributed by atoms with van der Waals surface area (Å²) < 4.78 is 1.91. The van der Waals surface area contributed by atoms with Gasteiger partial charge in [-0.2, -0.15) is 0 Å². The molecule has 0 spiro atoms. The van der Waals surface area contributed by atoms with E-state index in [4.69, 9.17) is 11.6 Å². The summed E-state index contributed by atoms with van der Waals surface area (Å²) in [5.74, 6) is -0.457. The minimum absolute atomic E-state index is 0.0370. The van der Waals surface area contributed by atoms with Crippen molar-refractivity contribution in [1.82, 2.24) is 9.47 Å². The Bertz CT molecular complexity index is 931. The number of carbonyl (C=O) groups is 2. The van der Waals surface area contributed by atoms with Crippen LogP contribution in [0.1, 0.15) is 10.4 Å². The number of likely N-dealkylation sites (N-methyl/N-ethyl adjacent to an activating group) is 1. The first-order valence-electron chi connectivity index (χ1n) is 7.80. The largest absolute Gasteiger partial charge is 0.350 e. The molecule has 1 aromatic heterocycles. The number of amides is 2. The molecule has 0 aliphatic rings. The lowest BCUT2D eigenvalue weighted by Gasteiger charge is -2.16. The van der Waals surface area contributed by atoms with Crippen LogP contribution in [0.3, 0.4) is 0 Å². The maximum Gasteiger partial charge on any atom is 0.256 e. The Morgan fingerprint density at radius 2 is 1.80 bits per heavy atom. The Hall–Kier alpha value is -2.79. The fraction of sp³-hybridized carbons (Fsp3) is 0.158. The Labute approximate surface area is 150 Å². The number of hydrogen-bond acceptors (Lipinski definition) is 2. The molecule has 0 unspecified atom stereocenters. The molecular weight excluding hydrogens is 338 g/mol. The zero-order valence-corrected chi connectivity index (χ0v) is 14.7. The third kappa shape index (κ3) is 3.67. The summed E-state index contributed by atoms with van der Waals surface area (Å²) in [5.41, 5.74) is 2.20. The highest BCUT2D eigenvalue weighted by Gasteiger charge is 2.19. The van der Waals surface area contributed by atoms with Crippen LogP contribution < -0.4 is 5.32 Å². The Kier molecular flexibility index (Phi) is 4.76. The molecule has 1 N–H and O–H groups in total. The predicted molar refractivity (Wildman–Crippen MR) is 100.0 cm³/mol. The van der Waals surface area contributed by atoms with Crippen molar-refractivity contribution in [2.24, 2.45) is 7.05 Å². The number of halogens is 1. The molecule has 6 heteroatoms. The summed E-state index contributed by atoms with van der Waals surface area (Å²) in [6, 6.07) is 14.5. The third-order valence-electron chi connectivity index (χ3n) is 3.98. The molecular formula is C19H18ClN3O2. The van der Waals surface area contributed by atoms with Crippen molar-refractivity contribution < 1.29 is 9.59 Å². The van der Waals surface area contributed by atoms with Gasteiger partial charge in [0.1, 0.15) is 0 Å². The molecule has 128 valence electrons. The van der Waals surface area contributed by atoms with Crippen molar-refractivity contribution in [2.45, 2.75) is 0 Å². The number of aromatic nitrogens is 1. The van der Waals surface area contributed by atoms with Crippen molar-refractivity contribution in [3.8, 4) is 0 Å². The minimum atomic E-state index is -0.265. The number of hydrogen-bond donors (Lipinski definition) is 1. The van der Waals surface area contributed by atoms with E-state index in [0.29, 0.717) is 16.3 Å². The second kappa shape index (κ2) is 6.99. The van der Waals surface area contributed by atoms with Crippen LogP contribution in [0.5, 0.6) is 0 Å².